The number of nitrogens with zero attached hydrogens (tertiary/aromatic N) is 3. The Bertz CT molecular complexity index is 2060. The van der Waals surface area contributed by atoms with E-state index in [-0.39, 0.29) is 42.5 Å². The average Bonchev–Trinajstić information content (AvgIpc) is 4.04. The average molecular weight is 836 g/mol. The van der Waals surface area contributed by atoms with Crippen molar-refractivity contribution in [3.63, 3.8) is 0 Å². The van der Waals surface area contributed by atoms with Gasteiger partial charge in [0.25, 0.3) is 5.91 Å². The third kappa shape index (κ3) is 8.57. The largest absolute Gasteiger partial charge is 0.491 e. The van der Waals surface area contributed by atoms with Crippen LogP contribution in [0.15, 0.2) is 42.6 Å². The highest BCUT2D eigenvalue weighted by Crippen LogP contribution is 2.48. The minimum atomic E-state index is -5.03. The molecule has 2 aromatic rings. The van der Waals surface area contributed by atoms with E-state index in [1.807, 2.05) is 26.0 Å². The SMILES string of the molecule is CCCOc1cnc(O[C@@H]2C[C@H]3C(=O)N[C@]4(C(=O)NS(=O)(=O)C5(C)CC5)C[C@H]4/C=C\CC[C@@H](C)C[C@@H](C)[C@H](N(C(=O)O)[C@H](C)C(F)(F)F)C(=O)N3C2)c2ccccc12. The molecule has 3 fully saturated rings. The summed E-state index contributed by atoms with van der Waals surface area (Å²) >= 11 is 0. The molecule has 0 spiro atoms. The lowest BCUT2D eigenvalue weighted by molar-refractivity contribution is -0.184. The van der Waals surface area contributed by atoms with Gasteiger partial charge in [0, 0.05) is 23.1 Å². The Kier molecular flexibility index (Phi) is 12.0. The van der Waals surface area contributed by atoms with Crippen LogP contribution in [0.5, 0.6) is 11.6 Å². The molecule has 2 aliphatic heterocycles. The first-order valence-electron chi connectivity index (χ1n) is 19.8. The number of nitrogens with one attached hydrogen (secondary N) is 2. The Morgan fingerprint density at radius 1 is 1.16 bits per heavy atom. The van der Waals surface area contributed by atoms with E-state index in [4.69, 9.17) is 9.47 Å². The molecule has 3 N–H and O–H groups in total. The maximum absolute atomic E-state index is 14.9. The highest BCUT2D eigenvalue weighted by atomic mass is 32.2. The molecule has 4 amide bonds. The van der Waals surface area contributed by atoms with Crippen molar-refractivity contribution >= 4 is 44.6 Å². The molecule has 8 atom stereocenters. The normalized spacial score (nSPS) is 29.8. The van der Waals surface area contributed by atoms with E-state index in [2.05, 4.69) is 15.0 Å². The number of sulfonamides is 1. The molecule has 2 saturated carbocycles. The number of hydrogen-bond acceptors (Lipinski definition) is 9. The number of hydrogen-bond donors (Lipinski definition) is 3. The second-order valence-electron chi connectivity index (χ2n) is 16.6. The van der Waals surface area contributed by atoms with Crippen LogP contribution in [-0.2, 0) is 24.4 Å². The fraction of sp³-hybridized carbons (Fsp3) is 0.625. The van der Waals surface area contributed by atoms with E-state index < -0.39 is 86.4 Å². The van der Waals surface area contributed by atoms with Gasteiger partial charge >= 0.3 is 12.3 Å². The molecule has 318 valence electrons. The van der Waals surface area contributed by atoms with Gasteiger partial charge in [-0.1, -0.05) is 51.1 Å². The summed E-state index contributed by atoms with van der Waals surface area (Å²) in [6, 6.07) is 1.23. The van der Waals surface area contributed by atoms with E-state index in [0.29, 0.717) is 55.7 Å². The summed E-state index contributed by atoms with van der Waals surface area (Å²) < 4.78 is 82.7. The summed E-state index contributed by atoms with van der Waals surface area (Å²) in [6.07, 6.45) is -0.456. The number of rotatable bonds is 10. The molecule has 0 bridgehead atoms. The van der Waals surface area contributed by atoms with Gasteiger partial charge in [-0.05, 0) is 76.7 Å². The lowest BCUT2D eigenvalue weighted by Gasteiger charge is -2.40. The molecule has 1 aromatic carbocycles. The van der Waals surface area contributed by atoms with E-state index in [1.165, 1.54) is 20.0 Å². The molecule has 0 radical (unpaired) electrons. The Morgan fingerprint density at radius 3 is 2.48 bits per heavy atom. The highest BCUT2D eigenvalue weighted by molar-refractivity contribution is 7.91. The molecule has 14 nitrogen and oxygen atoms in total. The van der Waals surface area contributed by atoms with Crippen molar-refractivity contribution in [3.8, 4) is 11.6 Å². The maximum Gasteiger partial charge on any atom is 0.408 e. The molecule has 6 rings (SSSR count). The number of aromatic nitrogens is 1. The monoisotopic (exact) mass is 835 g/mol. The first-order valence-corrected chi connectivity index (χ1v) is 21.3. The first kappa shape index (κ1) is 43.0. The number of carbonyl (C=O) groups excluding carboxylic acids is 3. The minimum Gasteiger partial charge on any atom is -0.491 e. The molecule has 18 heteroatoms. The predicted octanol–water partition coefficient (Wildman–Crippen LogP) is 5.56. The van der Waals surface area contributed by atoms with Crippen LogP contribution in [0.4, 0.5) is 18.0 Å². The number of carboxylic acid groups (broad SMARTS) is 1. The Hall–Kier alpha value is -4.61. The summed E-state index contributed by atoms with van der Waals surface area (Å²) in [7, 11) is -4.11. The van der Waals surface area contributed by atoms with Crippen molar-refractivity contribution in [1.29, 1.82) is 0 Å². The van der Waals surface area contributed by atoms with Gasteiger partial charge in [0.2, 0.25) is 27.7 Å². The van der Waals surface area contributed by atoms with Gasteiger partial charge in [-0.25, -0.2) is 18.2 Å². The van der Waals surface area contributed by atoms with Gasteiger partial charge in [0.1, 0.15) is 35.5 Å². The molecule has 2 aliphatic carbocycles. The number of carbonyl (C=O) groups is 4. The van der Waals surface area contributed by atoms with Gasteiger partial charge < -0.3 is 24.8 Å². The molecule has 1 saturated heterocycles. The van der Waals surface area contributed by atoms with Crippen molar-refractivity contribution in [3.05, 3.63) is 42.6 Å². The van der Waals surface area contributed by atoms with Crippen LogP contribution in [0.2, 0.25) is 0 Å². The van der Waals surface area contributed by atoms with E-state index in [9.17, 15) is 45.9 Å². The van der Waals surface area contributed by atoms with Crippen LogP contribution in [0.3, 0.4) is 0 Å². The van der Waals surface area contributed by atoms with Crippen LogP contribution in [0, 0.1) is 17.8 Å². The van der Waals surface area contributed by atoms with Gasteiger partial charge in [-0.2, -0.15) is 13.2 Å². The summed E-state index contributed by atoms with van der Waals surface area (Å²) in [4.78, 5) is 61.7. The van der Waals surface area contributed by atoms with Crippen LogP contribution in [0.1, 0.15) is 86.0 Å². The second-order valence-corrected chi connectivity index (χ2v) is 18.8. The van der Waals surface area contributed by atoms with Crippen LogP contribution in [-0.4, -0.2) is 106 Å². The highest BCUT2D eigenvalue weighted by Gasteiger charge is 2.63. The summed E-state index contributed by atoms with van der Waals surface area (Å²) in [5.41, 5.74) is -1.71. The summed E-state index contributed by atoms with van der Waals surface area (Å²) in [5.74, 6) is -3.90. The summed E-state index contributed by atoms with van der Waals surface area (Å²) in [6.45, 7) is 7.62. The quantitative estimate of drug-likeness (QED) is 0.256. The van der Waals surface area contributed by atoms with Gasteiger partial charge in [0.05, 0.1) is 24.1 Å². The van der Waals surface area contributed by atoms with Crippen LogP contribution >= 0.6 is 0 Å². The van der Waals surface area contributed by atoms with Gasteiger partial charge in [-0.15, -0.1) is 0 Å². The molecule has 0 unspecified atom stereocenters. The van der Waals surface area contributed by atoms with Crippen LogP contribution < -0.4 is 19.5 Å². The van der Waals surface area contributed by atoms with Crippen molar-refractivity contribution in [2.75, 3.05) is 13.2 Å². The smallest absolute Gasteiger partial charge is 0.408 e. The zero-order valence-corrected chi connectivity index (χ0v) is 34.1. The number of benzene rings is 1. The van der Waals surface area contributed by atoms with E-state index in [0.717, 1.165) is 11.3 Å². The number of amides is 4. The Morgan fingerprint density at radius 2 is 1.84 bits per heavy atom. The van der Waals surface area contributed by atoms with E-state index >= 15 is 0 Å². The Balaban J connectivity index is 1.40. The van der Waals surface area contributed by atoms with Crippen molar-refractivity contribution in [2.45, 2.75) is 127 Å². The predicted molar refractivity (Wildman–Crippen MR) is 206 cm³/mol. The third-order valence-corrected chi connectivity index (χ3v) is 14.2. The van der Waals surface area contributed by atoms with Gasteiger partial charge in [-0.3, -0.25) is 24.0 Å². The molecule has 4 aliphatic rings. The van der Waals surface area contributed by atoms with Gasteiger partial charge in [0.15, 0.2) is 0 Å². The lowest BCUT2D eigenvalue weighted by Crippen LogP contribution is -2.62. The fourth-order valence-corrected chi connectivity index (χ4v) is 9.49. The zero-order valence-electron chi connectivity index (χ0n) is 33.3. The standard InChI is InChI=1S/C40H52F3N5O9S/c1-6-17-56-31-21-44-34(29-14-10-9-13-28(29)31)57-27-19-30-33(49)45-39(36(51)46-58(54,55)38(5)15-16-38)20-26(39)12-8-7-11-23(2)18-24(3)32(35(50)47(30)22-27)48(37(52)53)25(4)40(41,42)43/h8-10,12-14,21,23-27,30,32H,6-7,11,15-20,22H2,1-5H3,(H,45,49)(H,46,51)(H,52,53)/b12-8-/t23-,24-,25-,26-,27-,30+,32+,39-/m1/s1. The number of fused-ring (bicyclic) bond motifs is 3. The summed E-state index contributed by atoms with van der Waals surface area (Å²) in [5, 5.41) is 14.3. The second kappa shape index (κ2) is 16.2. The Labute approximate surface area is 335 Å². The van der Waals surface area contributed by atoms with Crippen molar-refractivity contribution in [1.82, 2.24) is 24.8 Å². The number of halogens is 3. The van der Waals surface area contributed by atoms with Crippen molar-refractivity contribution < 1.29 is 55.3 Å². The number of pyridine rings is 1. The molecule has 3 heterocycles. The minimum absolute atomic E-state index is 0.0569. The molecule has 1 aromatic heterocycles. The topological polar surface area (TPSA) is 185 Å². The molecular weight excluding hydrogens is 784 g/mol. The van der Waals surface area contributed by atoms with E-state index in [1.54, 1.807) is 24.3 Å². The number of alkyl halides is 3. The van der Waals surface area contributed by atoms with Crippen LogP contribution in [0.25, 0.3) is 10.8 Å². The number of ether oxygens (including phenoxy) is 2. The molecular formula is C40H52F3N5O9S. The van der Waals surface area contributed by atoms with Crippen molar-refractivity contribution in [2.24, 2.45) is 17.8 Å². The zero-order chi connectivity index (χ0) is 42.4. The molecule has 58 heavy (non-hydrogen) atoms. The fourth-order valence-electron chi connectivity index (χ4n) is 8.17. The maximum atomic E-state index is 14.9. The lowest BCUT2D eigenvalue weighted by atomic mass is 9.86. The first-order chi connectivity index (χ1) is 27.2. The number of allylic oxidation sites excluding steroid dienone is 1. The third-order valence-electron chi connectivity index (χ3n) is 12.1.